The van der Waals surface area contributed by atoms with Crippen LogP contribution in [-0.2, 0) is 10.0 Å². The van der Waals surface area contributed by atoms with Gasteiger partial charge >= 0.3 is 0 Å². The third-order valence-electron chi connectivity index (χ3n) is 2.95. The lowest BCUT2D eigenvalue weighted by atomic mass is 10.4. The van der Waals surface area contributed by atoms with E-state index >= 15 is 0 Å². The number of sulfonamides is 1. The van der Waals surface area contributed by atoms with Crippen LogP contribution in [0.5, 0.6) is 5.88 Å². The highest BCUT2D eigenvalue weighted by molar-refractivity contribution is 7.92. The van der Waals surface area contributed by atoms with Crippen LogP contribution in [0.3, 0.4) is 0 Å². The molecule has 2 rings (SSSR count). The highest BCUT2D eigenvalue weighted by Crippen LogP contribution is 2.23. The average molecular weight is 356 g/mol. The normalized spacial score (nSPS) is 11.3. The zero-order valence-corrected chi connectivity index (χ0v) is 14.5. The molecular formula is C15H18ClN3O3S. The minimum atomic E-state index is -3.79. The first kappa shape index (κ1) is 17.5. The first-order valence-corrected chi connectivity index (χ1v) is 9.03. The van der Waals surface area contributed by atoms with Crippen LogP contribution in [-0.4, -0.2) is 25.0 Å². The Morgan fingerprint density at radius 1 is 1.26 bits per heavy atom. The number of unbranched alkanes of at least 4 members (excludes halogenated alkanes) is 1. The van der Waals surface area contributed by atoms with E-state index in [0.29, 0.717) is 17.3 Å². The SMILES string of the molecule is CCCCOc1nc(C)cnc1NS(=O)(=O)c1ccc(Cl)cc1. The smallest absolute Gasteiger partial charge is 0.263 e. The molecular weight excluding hydrogens is 338 g/mol. The quantitative estimate of drug-likeness (QED) is 0.769. The number of hydrogen-bond donors (Lipinski definition) is 1. The van der Waals surface area contributed by atoms with E-state index < -0.39 is 10.0 Å². The van der Waals surface area contributed by atoms with Gasteiger partial charge in [0.05, 0.1) is 23.4 Å². The molecule has 0 radical (unpaired) electrons. The Bertz CT molecular complexity index is 764. The Kier molecular flexibility index (Phi) is 5.79. The van der Waals surface area contributed by atoms with Gasteiger partial charge in [0.15, 0.2) is 0 Å². The Morgan fingerprint density at radius 3 is 2.61 bits per heavy atom. The number of rotatable bonds is 7. The van der Waals surface area contributed by atoms with Crippen molar-refractivity contribution < 1.29 is 13.2 Å². The van der Waals surface area contributed by atoms with Crippen molar-refractivity contribution in [1.82, 2.24) is 9.97 Å². The van der Waals surface area contributed by atoms with Crippen molar-refractivity contribution >= 4 is 27.4 Å². The number of ether oxygens (including phenoxy) is 1. The Morgan fingerprint density at radius 2 is 1.96 bits per heavy atom. The molecule has 1 N–H and O–H groups in total. The summed E-state index contributed by atoms with van der Waals surface area (Å²) in [5, 5.41) is 0.461. The first-order valence-electron chi connectivity index (χ1n) is 7.17. The Hall–Kier alpha value is -1.86. The van der Waals surface area contributed by atoms with E-state index in [-0.39, 0.29) is 16.6 Å². The molecule has 0 amide bonds. The third kappa shape index (κ3) is 4.80. The molecule has 1 aromatic carbocycles. The molecule has 23 heavy (non-hydrogen) atoms. The van der Waals surface area contributed by atoms with Crippen molar-refractivity contribution in [3.63, 3.8) is 0 Å². The van der Waals surface area contributed by atoms with Gasteiger partial charge in [0.25, 0.3) is 15.9 Å². The van der Waals surface area contributed by atoms with Crippen molar-refractivity contribution in [2.75, 3.05) is 11.3 Å². The number of anilines is 1. The van der Waals surface area contributed by atoms with E-state index in [9.17, 15) is 8.42 Å². The molecule has 0 bridgehead atoms. The largest absolute Gasteiger partial charge is 0.475 e. The van der Waals surface area contributed by atoms with Crippen LogP contribution in [0.25, 0.3) is 0 Å². The summed E-state index contributed by atoms with van der Waals surface area (Å²) in [5.41, 5.74) is 0.644. The highest BCUT2D eigenvalue weighted by Gasteiger charge is 2.18. The number of hydrogen-bond acceptors (Lipinski definition) is 5. The Labute approximate surface area is 140 Å². The van der Waals surface area contributed by atoms with Crippen LogP contribution >= 0.6 is 11.6 Å². The number of aromatic nitrogens is 2. The molecule has 0 unspecified atom stereocenters. The van der Waals surface area contributed by atoms with E-state index in [1.54, 1.807) is 6.92 Å². The van der Waals surface area contributed by atoms with Gasteiger partial charge in [-0.3, -0.25) is 4.72 Å². The fourth-order valence-corrected chi connectivity index (χ4v) is 2.87. The maximum Gasteiger partial charge on any atom is 0.263 e. The summed E-state index contributed by atoms with van der Waals surface area (Å²) in [4.78, 5) is 8.37. The van der Waals surface area contributed by atoms with Crippen molar-refractivity contribution in [2.24, 2.45) is 0 Å². The van der Waals surface area contributed by atoms with Crippen molar-refractivity contribution in [3.8, 4) is 5.88 Å². The summed E-state index contributed by atoms with van der Waals surface area (Å²) in [6, 6.07) is 5.86. The summed E-state index contributed by atoms with van der Waals surface area (Å²) >= 11 is 5.78. The lowest BCUT2D eigenvalue weighted by Crippen LogP contribution is -2.16. The third-order valence-corrected chi connectivity index (χ3v) is 4.56. The van der Waals surface area contributed by atoms with E-state index in [2.05, 4.69) is 14.7 Å². The molecule has 2 aromatic rings. The molecule has 6 nitrogen and oxygen atoms in total. The Balaban J connectivity index is 2.26. The predicted molar refractivity (Wildman–Crippen MR) is 89.4 cm³/mol. The second kappa shape index (κ2) is 7.61. The van der Waals surface area contributed by atoms with Crippen molar-refractivity contribution in [3.05, 3.63) is 41.2 Å². The topological polar surface area (TPSA) is 81.2 Å². The van der Waals surface area contributed by atoms with Crippen LogP contribution in [0.15, 0.2) is 35.4 Å². The van der Waals surface area contributed by atoms with Gasteiger partial charge < -0.3 is 4.74 Å². The molecule has 0 atom stereocenters. The van der Waals surface area contributed by atoms with E-state index in [1.807, 2.05) is 6.92 Å². The van der Waals surface area contributed by atoms with E-state index in [4.69, 9.17) is 16.3 Å². The van der Waals surface area contributed by atoms with E-state index in [0.717, 1.165) is 12.8 Å². The second-order valence-corrected chi connectivity index (χ2v) is 7.05. The molecule has 0 spiro atoms. The number of halogens is 1. The summed E-state index contributed by atoms with van der Waals surface area (Å²) in [6.45, 7) is 4.25. The van der Waals surface area contributed by atoms with Gasteiger partial charge in [0.1, 0.15) is 0 Å². The first-order chi connectivity index (χ1) is 10.9. The molecule has 0 aliphatic carbocycles. The monoisotopic (exact) mass is 355 g/mol. The zero-order valence-electron chi connectivity index (χ0n) is 12.9. The van der Waals surface area contributed by atoms with Crippen LogP contribution < -0.4 is 9.46 Å². The standard InChI is InChI=1S/C15H18ClN3O3S/c1-3-4-9-22-15-14(17-10-11(2)18-15)19-23(20,21)13-7-5-12(16)6-8-13/h5-8,10H,3-4,9H2,1-2H3,(H,17,19). The lowest BCUT2D eigenvalue weighted by molar-refractivity contribution is 0.298. The van der Waals surface area contributed by atoms with Gasteiger partial charge in [-0.25, -0.2) is 18.4 Å². The number of nitrogens with one attached hydrogen (secondary N) is 1. The van der Waals surface area contributed by atoms with Crippen LogP contribution in [0.2, 0.25) is 5.02 Å². The van der Waals surface area contributed by atoms with Crippen molar-refractivity contribution in [2.45, 2.75) is 31.6 Å². The molecule has 0 aliphatic heterocycles. The molecule has 0 saturated carbocycles. The fourth-order valence-electron chi connectivity index (χ4n) is 1.74. The molecule has 0 saturated heterocycles. The maximum atomic E-state index is 12.4. The van der Waals surface area contributed by atoms with Crippen LogP contribution in [0.1, 0.15) is 25.5 Å². The fraction of sp³-hybridized carbons (Fsp3) is 0.333. The maximum absolute atomic E-state index is 12.4. The number of nitrogens with zero attached hydrogens (tertiary/aromatic N) is 2. The average Bonchev–Trinajstić information content (AvgIpc) is 2.50. The van der Waals surface area contributed by atoms with E-state index in [1.165, 1.54) is 30.5 Å². The molecule has 8 heteroatoms. The summed E-state index contributed by atoms with van der Waals surface area (Å²) in [5.74, 6) is 0.248. The van der Waals surface area contributed by atoms with Gasteiger partial charge in [-0.2, -0.15) is 0 Å². The van der Waals surface area contributed by atoms with Gasteiger partial charge in [0.2, 0.25) is 5.82 Å². The van der Waals surface area contributed by atoms with Crippen LogP contribution in [0.4, 0.5) is 5.82 Å². The highest BCUT2D eigenvalue weighted by atomic mass is 35.5. The predicted octanol–water partition coefficient (Wildman–Crippen LogP) is 3.42. The minimum Gasteiger partial charge on any atom is -0.475 e. The van der Waals surface area contributed by atoms with Gasteiger partial charge in [0, 0.05) is 5.02 Å². The molecule has 1 heterocycles. The van der Waals surface area contributed by atoms with Crippen molar-refractivity contribution in [1.29, 1.82) is 0 Å². The molecule has 124 valence electrons. The van der Waals surface area contributed by atoms with Gasteiger partial charge in [-0.05, 0) is 37.6 Å². The molecule has 0 fully saturated rings. The second-order valence-electron chi connectivity index (χ2n) is 4.93. The molecule has 0 aliphatic rings. The van der Waals surface area contributed by atoms with Gasteiger partial charge in [-0.1, -0.05) is 24.9 Å². The lowest BCUT2D eigenvalue weighted by Gasteiger charge is -2.12. The summed E-state index contributed by atoms with van der Waals surface area (Å²) in [7, 11) is -3.79. The zero-order chi connectivity index (χ0) is 16.9. The minimum absolute atomic E-state index is 0.0710. The number of aryl methyl sites for hydroxylation is 1. The number of benzene rings is 1. The van der Waals surface area contributed by atoms with Crippen LogP contribution in [0, 0.1) is 6.92 Å². The summed E-state index contributed by atoms with van der Waals surface area (Å²) in [6.07, 6.45) is 3.29. The summed E-state index contributed by atoms with van der Waals surface area (Å²) < 4.78 is 32.7. The molecule has 1 aromatic heterocycles. The van der Waals surface area contributed by atoms with Gasteiger partial charge in [-0.15, -0.1) is 0 Å².